The van der Waals surface area contributed by atoms with Gasteiger partial charge in [0.05, 0.1) is 6.10 Å². The van der Waals surface area contributed by atoms with Gasteiger partial charge in [-0.3, -0.25) is 0 Å². The van der Waals surface area contributed by atoms with Gasteiger partial charge in [0.25, 0.3) is 0 Å². The van der Waals surface area contributed by atoms with Crippen LogP contribution in [0.3, 0.4) is 0 Å². The molecule has 1 aromatic carbocycles. The van der Waals surface area contributed by atoms with E-state index in [-0.39, 0.29) is 0 Å². The van der Waals surface area contributed by atoms with Crippen molar-refractivity contribution in [3.05, 3.63) is 29.8 Å². The van der Waals surface area contributed by atoms with E-state index in [1.165, 1.54) is 31.4 Å². The van der Waals surface area contributed by atoms with Crippen molar-refractivity contribution in [2.45, 2.75) is 51.7 Å². The standard InChI is InChI=1S/C16H25NO/c1-12-7-6-8-14(11-12)17(3)16-10-5-4-9-15(16)13(2)18/h4-5,9-10,12-14,18H,6-8,11H2,1-3H3. The minimum atomic E-state index is -0.398. The lowest BCUT2D eigenvalue weighted by Crippen LogP contribution is -2.36. The lowest BCUT2D eigenvalue weighted by molar-refractivity contribution is 0.199. The third-order valence-electron chi connectivity index (χ3n) is 4.22. The summed E-state index contributed by atoms with van der Waals surface area (Å²) in [7, 11) is 2.17. The van der Waals surface area contributed by atoms with Crippen LogP contribution in [0.1, 0.15) is 51.2 Å². The number of para-hydroxylation sites is 1. The Morgan fingerprint density at radius 3 is 2.67 bits per heavy atom. The molecule has 100 valence electrons. The average Bonchev–Trinajstić information content (AvgIpc) is 2.38. The van der Waals surface area contributed by atoms with E-state index in [4.69, 9.17) is 0 Å². The Hall–Kier alpha value is -1.02. The Bertz CT molecular complexity index is 388. The third kappa shape index (κ3) is 2.86. The molecule has 1 saturated carbocycles. The second kappa shape index (κ2) is 5.75. The van der Waals surface area contributed by atoms with Crippen molar-refractivity contribution in [1.29, 1.82) is 0 Å². The van der Waals surface area contributed by atoms with Crippen LogP contribution >= 0.6 is 0 Å². The highest BCUT2D eigenvalue weighted by atomic mass is 16.3. The first kappa shape index (κ1) is 13.4. The average molecular weight is 247 g/mol. The molecule has 0 aliphatic heterocycles. The molecule has 2 rings (SSSR count). The van der Waals surface area contributed by atoms with Gasteiger partial charge in [0.15, 0.2) is 0 Å². The minimum absolute atomic E-state index is 0.398. The van der Waals surface area contributed by atoms with E-state index in [0.717, 1.165) is 11.5 Å². The van der Waals surface area contributed by atoms with E-state index < -0.39 is 6.10 Å². The maximum absolute atomic E-state index is 9.88. The molecular weight excluding hydrogens is 222 g/mol. The van der Waals surface area contributed by atoms with Crippen LogP contribution in [0.25, 0.3) is 0 Å². The van der Waals surface area contributed by atoms with E-state index in [1.54, 1.807) is 0 Å². The highest BCUT2D eigenvalue weighted by Gasteiger charge is 2.24. The summed E-state index contributed by atoms with van der Waals surface area (Å²) in [5.74, 6) is 0.824. The molecule has 0 amide bonds. The molecule has 2 heteroatoms. The van der Waals surface area contributed by atoms with Gasteiger partial charge in [-0.15, -0.1) is 0 Å². The van der Waals surface area contributed by atoms with E-state index in [9.17, 15) is 5.11 Å². The van der Waals surface area contributed by atoms with Gasteiger partial charge in [-0.05, 0) is 31.7 Å². The number of benzene rings is 1. The summed E-state index contributed by atoms with van der Waals surface area (Å²) >= 11 is 0. The fourth-order valence-corrected chi connectivity index (χ4v) is 3.11. The Balaban J connectivity index is 2.19. The Morgan fingerprint density at radius 2 is 2.00 bits per heavy atom. The normalized spacial score (nSPS) is 25.8. The van der Waals surface area contributed by atoms with E-state index in [1.807, 2.05) is 19.1 Å². The van der Waals surface area contributed by atoms with Crippen molar-refractivity contribution in [3.63, 3.8) is 0 Å². The first-order valence-electron chi connectivity index (χ1n) is 7.09. The topological polar surface area (TPSA) is 23.5 Å². The van der Waals surface area contributed by atoms with Gasteiger partial charge in [0.2, 0.25) is 0 Å². The van der Waals surface area contributed by atoms with Gasteiger partial charge in [-0.2, -0.15) is 0 Å². The van der Waals surface area contributed by atoms with Crippen LogP contribution < -0.4 is 4.90 Å². The van der Waals surface area contributed by atoms with Crippen LogP contribution in [0, 0.1) is 5.92 Å². The predicted molar refractivity (Wildman–Crippen MR) is 76.9 cm³/mol. The van der Waals surface area contributed by atoms with Crippen molar-refractivity contribution < 1.29 is 5.11 Å². The molecule has 2 nitrogen and oxygen atoms in total. The second-order valence-electron chi connectivity index (χ2n) is 5.77. The van der Waals surface area contributed by atoms with Crippen LogP contribution in [0.2, 0.25) is 0 Å². The molecule has 3 atom stereocenters. The lowest BCUT2D eigenvalue weighted by Gasteiger charge is -2.36. The molecule has 0 aromatic heterocycles. The molecule has 1 N–H and O–H groups in total. The summed E-state index contributed by atoms with van der Waals surface area (Å²) in [5, 5.41) is 9.88. The van der Waals surface area contributed by atoms with Gasteiger partial charge < -0.3 is 10.0 Å². The molecular formula is C16H25NO. The van der Waals surface area contributed by atoms with Gasteiger partial charge in [-0.25, -0.2) is 0 Å². The Labute approximate surface area is 111 Å². The molecule has 0 heterocycles. The van der Waals surface area contributed by atoms with Crippen molar-refractivity contribution >= 4 is 5.69 Å². The maximum atomic E-state index is 9.88. The number of nitrogens with zero attached hydrogens (tertiary/aromatic N) is 1. The van der Waals surface area contributed by atoms with Crippen LogP contribution in [0.4, 0.5) is 5.69 Å². The van der Waals surface area contributed by atoms with Gasteiger partial charge in [0, 0.05) is 24.3 Å². The highest BCUT2D eigenvalue weighted by molar-refractivity contribution is 5.54. The first-order valence-corrected chi connectivity index (χ1v) is 7.09. The van der Waals surface area contributed by atoms with E-state index in [0.29, 0.717) is 6.04 Å². The molecule has 0 bridgehead atoms. The van der Waals surface area contributed by atoms with Gasteiger partial charge >= 0.3 is 0 Å². The first-order chi connectivity index (χ1) is 8.59. The van der Waals surface area contributed by atoms with Crippen LogP contribution in [-0.2, 0) is 0 Å². The summed E-state index contributed by atoms with van der Waals surface area (Å²) in [5.41, 5.74) is 2.23. The monoisotopic (exact) mass is 247 g/mol. The smallest absolute Gasteiger partial charge is 0.0781 e. The number of rotatable bonds is 3. The van der Waals surface area contributed by atoms with Crippen molar-refractivity contribution in [2.24, 2.45) is 5.92 Å². The molecule has 0 saturated heterocycles. The number of aliphatic hydroxyl groups excluding tert-OH is 1. The van der Waals surface area contributed by atoms with E-state index >= 15 is 0 Å². The second-order valence-corrected chi connectivity index (χ2v) is 5.77. The summed E-state index contributed by atoms with van der Waals surface area (Å²) in [4.78, 5) is 2.37. The Morgan fingerprint density at radius 1 is 1.28 bits per heavy atom. The van der Waals surface area contributed by atoms with Crippen molar-refractivity contribution in [3.8, 4) is 0 Å². The summed E-state index contributed by atoms with van der Waals surface area (Å²) < 4.78 is 0. The van der Waals surface area contributed by atoms with Crippen LogP contribution in [-0.4, -0.2) is 18.2 Å². The molecule has 1 aliphatic rings. The zero-order chi connectivity index (χ0) is 13.1. The predicted octanol–water partition coefficient (Wildman–Crippen LogP) is 3.75. The molecule has 3 unspecified atom stereocenters. The molecule has 0 spiro atoms. The highest BCUT2D eigenvalue weighted by Crippen LogP contribution is 2.32. The molecule has 1 aromatic rings. The summed E-state index contributed by atoms with van der Waals surface area (Å²) in [6.07, 6.45) is 4.83. The van der Waals surface area contributed by atoms with Crippen molar-refractivity contribution in [2.75, 3.05) is 11.9 Å². The molecule has 1 aliphatic carbocycles. The zero-order valence-corrected chi connectivity index (χ0v) is 11.8. The zero-order valence-electron chi connectivity index (χ0n) is 11.8. The maximum Gasteiger partial charge on any atom is 0.0781 e. The molecule has 18 heavy (non-hydrogen) atoms. The van der Waals surface area contributed by atoms with Crippen LogP contribution in [0.5, 0.6) is 0 Å². The van der Waals surface area contributed by atoms with Gasteiger partial charge in [0.1, 0.15) is 0 Å². The molecule has 0 radical (unpaired) electrons. The quantitative estimate of drug-likeness (QED) is 0.879. The Kier molecular flexibility index (Phi) is 4.28. The fourth-order valence-electron chi connectivity index (χ4n) is 3.11. The SMILES string of the molecule is CC1CCCC(N(C)c2ccccc2C(C)O)C1. The third-order valence-corrected chi connectivity index (χ3v) is 4.22. The number of hydrogen-bond acceptors (Lipinski definition) is 2. The van der Waals surface area contributed by atoms with Crippen LogP contribution in [0.15, 0.2) is 24.3 Å². The van der Waals surface area contributed by atoms with Crippen molar-refractivity contribution in [1.82, 2.24) is 0 Å². The number of aliphatic hydroxyl groups is 1. The number of hydrogen-bond donors (Lipinski definition) is 1. The molecule has 1 fully saturated rings. The summed E-state index contributed by atoms with van der Waals surface area (Å²) in [6.45, 7) is 4.19. The number of anilines is 1. The fraction of sp³-hybridized carbons (Fsp3) is 0.625. The van der Waals surface area contributed by atoms with Gasteiger partial charge in [-0.1, -0.05) is 38.0 Å². The lowest BCUT2D eigenvalue weighted by atomic mass is 9.86. The van der Waals surface area contributed by atoms with E-state index in [2.05, 4.69) is 31.0 Å². The largest absolute Gasteiger partial charge is 0.389 e. The minimum Gasteiger partial charge on any atom is -0.389 e. The summed E-state index contributed by atoms with van der Waals surface area (Å²) in [6, 6.07) is 8.84.